The molecule has 0 saturated carbocycles. The van der Waals surface area contributed by atoms with Crippen LogP contribution < -0.4 is 10.9 Å². The Morgan fingerprint density at radius 1 is 1.32 bits per heavy atom. The van der Waals surface area contributed by atoms with E-state index in [0.717, 1.165) is 12.1 Å². The van der Waals surface area contributed by atoms with Gasteiger partial charge < -0.3 is 10.3 Å². The number of hydrogen-bond donors (Lipinski definition) is 2. The summed E-state index contributed by atoms with van der Waals surface area (Å²) in [6, 6.07) is 0. The monoisotopic (exact) mass is 377 g/mol. The summed E-state index contributed by atoms with van der Waals surface area (Å²) in [5.74, 6) is 1.03. The Morgan fingerprint density at radius 2 is 2.16 bits per heavy atom. The minimum atomic E-state index is -3.09. The number of aryl methyl sites for hydroxylation is 1. The Kier molecular flexibility index (Phi) is 3.80. The van der Waals surface area contributed by atoms with Crippen molar-refractivity contribution < 1.29 is 8.42 Å². The van der Waals surface area contributed by atoms with Gasteiger partial charge in [0.15, 0.2) is 15.7 Å². The fourth-order valence-corrected chi connectivity index (χ4v) is 5.89. The smallest absolute Gasteiger partial charge is 0.260 e. The zero-order chi connectivity index (χ0) is 17.6. The Bertz CT molecular complexity index is 1120. The van der Waals surface area contributed by atoms with Gasteiger partial charge in [-0.1, -0.05) is 0 Å². The number of nitrogens with one attached hydrogen (secondary N) is 2. The van der Waals surface area contributed by atoms with Gasteiger partial charge in [-0.05, 0) is 18.9 Å². The molecule has 130 valence electrons. The molecule has 0 fully saturated rings. The molecule has 4 rings (SSSR count). The number of hydrogen-bond acceptors (Lipinski definition) is 8. The second kappa shape index (κ2) is 5.88. The summed E-state index contributed by atoms with van der Waals surface area (Å²) < 4.78 is 23.6. The van der Waals surface area contributed by atoms with Crippen LogP contribution in [0.15, 0.2) is 17.2 Å². The third kappa shape index (κ3) is 2.91. The van der Waals surface area contributed by atoms with Crippen LogP contribution >= 0.6 is 11.3 Å². The zero-order valence-corrected chi connectivity index (χ0v) is 15.0. The van der Waals surface area contributed by atoms with E-state index >= 15 is 0 Å². The number of aromatic amines is 1. The lowest BCUT2D eigenvalue weighted by atomic mass is 10.1. The molecule has 8 nitrogen and oxygen atoms in total. The SMILES string of the molecule is CCNc1cnc(-c2nc3sc4c(c3c(=O)[nH]2)CCS(=O)(=O)C4)cn1. The van der Waals surface area contributed by atoms with Crippen LogP contribution in [0, 0.1) is 0 Å². The van der Waals surface area contributed by atoms with Gasteiger partial charge in [0, 0.05) is 11.4 Å². The predicted molar refractivity (Wildman–Crippen MR) is 96.6 cm³/mol. The average Bonchev–Trinajstić information content (AvgIpc) is 2.92. The molecule has 0 amide bonds. The molecule has 0 radical (unpaired) electrons. The van der Waals surface area contributed by atoms with Gasteiger partial charge >= 0.3 is 0 Å². The van der Waals surface area contributed by atoms with E-state index in [9.17, 15) is 13.2 Å². The summed E-state index contributed by atoms with van der Waals surface area (Å²) >= 11 is 1.27. The van der Waals surface area contributed by atoms with Gasteiger partial charge in [0.25, 0.3) is 5.56 Å². The maximum atomic E-state index is 12.5. The first-order valence-electron chi connectivity index (χ1n) is 7.78. The summed E-state index contributed by atoms with van der Waals surface area (Å²) in [4.78, 5) is 29.5. The van der Waals surface area contributed by atoms with Crippen molar-refractivity contribution in [2.45, 2.75) is 19.1 Å². The molecular weight excluding hydrogens is 362 g/mol. The lowest BCUT2D eigenvalue weighted by Crippen LogP contribution is -2.19. The van der Waals surface area contributed by atoms with E-state index < -0.39 is 9.84 Å². The number of H-pyrrole nitrogens is 1. The molecule has 3 aromatic heterocycles. The highest BCUT2D eigenvalue weighted by Gasteiger charge is 2.27. The van der Waals surface area contributed by atoms with Crippen LogP contribution in [-0.2, 0) is 22.0 Å². The number of rotatable bonds is 3. The number of sulfone groups is 1. The van der Waals surface area contributed by atoms with E-state index in [1.165, 1.54) is 11.3 Å². The molecule has 25 heavy (non-hydrogen) atoms. The first kappa shape index (κ1) is 16.2. The Balaban J connectivity index is 1.81. The maximum Gasteiger partial charge on any atom is 0.260 e. The van der Waals surface area contributed by atoms with Crippen molar-refractivity contribution in [1.82, 2.24) is 19.9 Å². The van der Waals surface area contributed by atoms with Crippen molar-refractivity contribution in [3.63, 3.8) is 0 Å². The van der Waals surface area contributed by atoms with Gasteiger partial charge in [0.1, 0.15) is 16.3 Å². The van der Waals surface area contributed by atoms with Gasteiger partial charge in [-0.2, -0.15) is 0 Å². The molecule has 0 atom stereocenters. The molecule has 1 aliphatic heterocycles. The lowest BCUT2D eigenvalue weighted by Gasteiger charge is -2.11. The standard InChI is InChI=1S/C15H15N5O3S2/c1-2-16-11-6-17-9(5-18-11)13-19-14(21)12-8-3-4-25(22,23)7-10(8)24-15(12)20-13/h5-6H,2-4,7H2,1H3,(H,16,18)(H,19,20,21). The van der Waals surface area contributed by atoms with E-state index in [4.69, 9.17) is 0 Å². The van der Waals surface area contributed by atoms with E-state index in [1.54, 1.807) is 12.4 Å². The fraction of sp³-hybridized carbons (Fsp3) is 0.333. The Labute approximate surface area is 147 Å². The van der Waals surface area contributed by atoms with Crippen molar-refractivity contribution in [2.75, 3.05) is 17.6 Å². The van der Waals surface area contributed by atoms with Crippen molar-refractivity contribution in [3.05, 3.63) is 33.2 Å². The minimum Gasteiger partial charge on any atom is -0.369 e. The molecule has 0 spiro atoms. The number of nitrogens with zero attached hydrogens (tertiary/aromatic N) is 3. The quantitative estimate of drug-likeness (QED) is 0.707. The summed E-state index contributed by atoms with van der Waals surface area (Å²) in [5.41, 5.74) is 0.998. The lowest BCUT2D eigenvalue weighted by molar-refractivity contribution is 0.592. The van der Waals surface area contributed by atoms with E-state index in [2.05, 4.69) is 25.3 Å². The fourth-order valence-electron chi connectivity index (χ4n) is 2.86. The van der Waals surface area contributed by atoms with Crippen LogP contribution in [0.5, 0.6) is 0 Å². The van der Waals surface area contributed by atoms with Crippen LogP contribution in [0.2, 0.25) is 0 Å². The minimum absolute atomic E-state index is 0.0185. The molecule has 0 aromatic carbocycles. The Morgan fingerprint density at radius 3 is 2.88 bits per heavy atom. The third-order valence-corrected chi connectivity index (χ3v) is 6.87. The van der Waals surface area contributed by atoms with Crippen LogP contribution in [0.3, 0.4) is 0 Å². The normalized spacial score (nSPS) is 15.9. The van der Waals surface area contributed by atoms with Gasteiger partial charge in [0.2, 0.25) is 0 Å². The molecular formula is C15H15N5O3S2. The van der Waals surface area contributed by atoms with E-state index in [1.807, 2.05) is 6.92 Å². The third-order valence-electron chi connectivity index (χ3n) is 4.01. The molecule has 1 aliphatic rings. The Hall–Kier alpha value is -2.33. The molecule has 0 unspecified atom stereocenters. The molecule has 0 saturated heterocycles. The van der Waals surface area contributed by atoms with Crippen molar-refractivity contribution >= 4 is 37.2 Å². The number of fused-ring (bicyclic) bond motifs is 3. The summed E-state index contributed by atoms with van der Waals surface area (Å²) in [5, 5.41) is 3.54. The topological polar surface area (TPSA) is 118 Å². The van der Waals surface area contributed by atoms with Crippen molar-refractivity contribution in [3.8, 4) is 11.5 Å². The molecule has 2 N–H and O–H groups in total. The van der Waals surface area contributed by atoms with Gasteiger partial charge in [-0.15, -0.1) is 11.3 Å². The highest BCUT2D eigenvalue weighted by atomic mass is 32.2. The van der Waals surface area contributed by atoms with Crippen molar-refractivity contribution in [2.24, 2.45) is 0 Å². The average molecular weight is 377 g/mol. The number of aromatic nitrogens is 4. The first-order valence-corrected chi connectivity index (χ1v) is 10.4. The van der Waals surface area contributed by atoms with E-state index in [0.29, 0.717) is 38.9 Å². The highest BCUT2D eigenvalue weighted by Crippen LogP contribution is 2.33. The van der Waals surface area contributed by atoms with Crippen LogP contribution in [0.4, 0.5) is 5.82 Å². The van der Waals surface area contributed by atoms with Crippen LogP contribution in [-0.4, -0.2) is 40.7 Å². The molecule has 4 heterocycles. The summed E-state index contributed by atoms with van der Waals surface area (Å²) in [7, 11) is -3.09. The molecule has 0 aliphatic carbocycles. The first-order chi connectivity index (χ1) is 12.0. The van der Waals surface area contributed by atoms with Gasteiger partial charge in [-0.3, -0.25) is 4.79 Å². The van der Waals surface area contributed by atoms with Crippen LogP contribution in [0.1, 0.15) is 17.4 Å². The maximum absolute atomic E-state index is 12.5. The second-order valence-corrected chi connectivity index (χ2v) is 9.03. The zero-order valence-electron chi connectivity index (χ0n) is 13.4. The molecule has 0 bridgehead atoms. The largest absolute Gasteiger partial charge is 0.369 e. The summed E-state index contributed by atoms with van der Waals surface area (Å²) in [6.45, 7) is 2.69. The summed E-state index contributed by atoms with van der Waals surface area (Å²) in [6.07, 6.45) is 3.48. The highest BCUT2D eigenvalue weighted by molar-refractivity contribution is 7.90. The predicted octanol–water partition coefficient (Wildman–Crippen LogP) is 1.34. The molecule has 3 aromatic rings. The number of thiophene rings is 1. The second-order valence-electron chi connectivity index (χ2n) is 5.76. The van der Waals surface area contributed by atoms with Crippen molar-refractivity contribution in [1.29, 1.82) is 0 Å². The van der Waals surface area contributed by atoms with E-state index in [-0.39, 0.29) is 17.1 Å². The van der Waals surface area contributed by atoms with Crippen LogP contribution in [0.25, 0.3) is 21.7 Å². The molecule has 10 heteroatoms. The van der Waals surface area contributed by atoms with Gasteiger partial charge in [0.05, 0.1) is 29.3 Å². The number of anilines is 1. The van der Waals surface area contributed by atoms with Gasteiger partial charge in [-0.25, -0.2) is 23.4 Å².